The molecular weight excluding hydrogens is 411 g/mol. The number of carbonyl (C=O) groups is 1. The number of ether oxygens (including phenoxy) is 1. The first-order valence-corrected chi connectivity index (χ1v) is 10.2. The van der Waals surface area contributed by atoms with Gasteiger partial charge in [-0.25, -0.2) is 4.79 Å². The number of benzene rings is 3. The van der Waals surface area contributed by atoms with Gasteiger partial charge in [0.05, 0.1) is 5.56 Å². The molecule has 0 saturated heterocycles. The molecule has 0 N–H and O–H groups in total. The van der Waals surface area contributed by atoms with Gasteiger partial charge in [0, 0.05) is 27.3 Å². The summed E-state index contributed by atoms with van der Waals surface area (Å²) in [6.07, 6.45) is -5.00. The van der Waals surface area contributed by atoms with Crippen LogP contribution in [0.2, 0.25) is 0 Å². The van der Waals surface area contributed by atoms with E-state index in [4.69, 9.17) is 5.26 Å². The van der Waals surface area contributed by atoms with Gasteiger partial charge in [0.2, 0.25) is 0 Å². The fourth-order valence-corrected chi connectivity index (χ4v) is 5.67. The van der Waals surface area contributed by atoms with Gasteiger partial charge in [0.15, 0.2) is 14.3 Å². The molecule has 150 valence electrons. The number of esters is 1. The molecule has 0 aliphatic carbocycles. The van der Waals surface area contributed by atoms with E-state index in [9.17, 15) is 18.0 Å². The second-order valence-electron chi connectivity index (χ2n) is 6.86. The molecule has 7 heteroatoms. The number of fused-ring (bicyclic) bond motifs is 3. The normalized spacial score (nSPS) is 13.7. The molecule has 0 aliphatic heterocycles. The minimum Gasteiger partial charge on any atom is -0.430 e. The Labute approximate surface area is 172 Å². The molecule has 3 aromatic carbocycles. The SMILES string of the molecule is CC(C#N)(OC(=O)c1cccc(-[s+]2c3ccccc3c3ccccc32)c1)C(F)(F)F. The van der Waals surface area contributed by atoms with Crippen molar-refractivity contribution >= 4 is 36.6 Å². The van der Waals surface area contributed by atoms with E-state index in [1.54, 1.807) is 12.1 Å². The number of thiophene rings is 1. The first kappa shape index (κ1) is 19.9. The van der Waals surface area contributed by atoms with Crippen LogP contribution in [0.4, 0.5) is 13.2 Å². The minimum atomic E-state index is -5.00. The monoisotopic (exact) mass is 426 g/mol. The van der Waals surface area contributed by atoms with Gasteiger partial charge in [-0.3, -0.25) is 0 Å². The highest BCUT2D eigenvalue weighted by molar-refractivity contribution is 7.50. The average molecular weight is 426 g/mol. The predicted octanol–water partition coefficient (Wildman–Crippen LogP) is 6.73. The van der Waals surface area contributed by atoms with E-state index in [1.807, 2.05) is 54.6 Å². The Morgan fingerprint density at radius 1 is 0.933 bits per heavy atom. The summed E-state index contributed by atoms with van der Waals surface area (Å²) in [5, 5.41) is 11.1. The van der Waals surface area contributed by atoms with Crippen molar-refractivity contribution in [2.45, 2.75) is 18.7 Å². The Morgan fingerprint density at radius 3 is 2.03 bits per heavy atom. The molecule has 1 aromatic heterocycles. The summed E-state index contributed by atoms with van der Waals surface area (Å²) in [7, 11) is -0.504. The highest BCUT2D eigenvalue weighted by Crippen LogP contribution is 2.48. The van der Waals surface area contributed by atoms with Crippen LogP contribution in [-0.2, 0) is 4.74 Å². The van der Waals surface area contributed by atoms with Crippen LogP contribution in [0.25, 0.3) is 25.1 Å². The van der Waals surface area contributed by atoms with Crippen LogP contribution < -0.4 is 0 Å². The third kappa shape index (κ3) is 3.19. The lowest BCUT2D eigenvalue weighted by Gasteiger charge is -2.24. The number of halogens is 3. The van der Waals surface area contributed by atoms with Gasteiger partial charge in [-0.1, -0.05) is 30.3 Å². The average Bonchev–Trinajstić information content (AvgIpc) is 3.07. The quantitative estimate of drug-likeness (QED) is 0.269. The van der Waals surface area contributed by atoms with E-state index < -0.39 is 28.2 Å². The highest BCUT2D eigenvalue weighted by atomic mass is 32.2. The Bertz CT molecular complexity index is 1270. The second-order valence-corrected chi connectivity index (χ2v) is 8.82. The molecule has 1 unspecified atom stereocenters. The maximum Gasteiger partial charge on any atom is 0.442 e. The molecule has 4 rings (SSSR count). The van der Waals surface area contributed by atoms with E-state index >= 15 is 0 Å². The zero-order valence-corrected chi connectivity index (χ0v) is 16.6. The maximum atomic E-state index is 13.1. The standard InChI is InChI=1S/C23H15F3NO2S/c1-22(14-27,23(24,25)26)29-21(28)15-7-6-8-16(13-15)30-19-11-4-2-9-17(19)18-10-3-5-12-20(18)30/h2-13H,1H3/q+1. The summed E-state index contributed by atoms with van der Waals surface area (Å²) in [6, 6.07) is 23.3. The molecule has 1 heterocycles. The first-order chi connectivity index (χ1) is 14.2. The molecule has 30 heavy (non-hydrogen) atoms. The van der Waals surface area contributed by atoms with Crippen molar-refractivity contribution in [1.29, 1.82) is 5.26 Å². The van der Waals surface area contributed by atoms with Crippen LogP contribution >= 0.6 is 10.5 Å². The fourth-order valence-electron chi connectivity index (χ4n) is 3.25. The second kappa shape index (κ2) is 7.15. The van der Waals surface area contributed by atoms with Crippen molar-refractivity contribution in [1.82, 2.24) is 0 Å². The van der Waals surface area contributed by atoms with Crippen LogP contribution in [0.5, 0.6) is 0 Å². The van der Waals surface area contributed by atoms with Crippen LogP contribution in [0.3, 0.4) is 0 Å². The maximum absolute atomic E-state index is 13.1. The minimum absolute atomic E-state index is 0.0346. The summed E-state index contributed by atoms with van der Waals surface area (Å²) in [5.41, 5.74) is -3.25. The lowest BCUT2D eigenvalue weighted by atomic mass is 10.1. The number of nitriles is 1. The Kier molecular flexibility index (Phi) is 4.75. The van der Waals surface area contributed by atoms with Crippen LogP contribution in [0.15, 0.2) is 72.8 Å². The summed E-state index contributed by atoms with van der Waals surface area (Å²) >= 11 is 0. The highest BCUT2D eigenvalue weighted by Gasteiger charge is 2.55. The lowest BCUT2D eigenvalue weighted by molar-refractivity contribution is -0.229. The zero-order chi connectivity index (χ0) is 21.5. The smallest absolute Gasteiger partial charge is 0.430 e. The molecule has 0 bridgehead atoms. The molecule has 0 spiro atoms. The first-order valence-electron chi connectivity index (χ1n) is 8.99. The predicted molar refractivity (Wildman–Crippen MR) is 111 cm³/mol. The van der Waals surface area contributed by atoms with Gasteiger partial charge in [-0.15, -0.1) is 0 Å². The van der Waals surface area contributed by atoms with E-state index in [0.29, 0.717) is 6.92 Å². The molecule has 0 amide bonds. The van der Waals surface area contributed by atoms with Crippen molar-refractivity contribution in [2.75, 3.05) is 0 Å². The zero-order valence-electron chi connectivity index (χ0n) is 15.7. The molecular formula is C23H15F3NO2S+. The number of hydrogen-bond donors (Lipinski definition) is 0. The number of carbonyl (C=O) groups excluding carboxylic acids is 1. The molecule has 3 nitrogen and oxygen atoms in total. The summed E-state index contributed by atoms with van der Waals surface area (Å²) in [4.78, 5) is 13.2. The topological polar surface area (TPSA) is 50.1 Å². The molecule has 0 aliphatic rings. The molecule has 0 radical (unpaired) electrons. The number of alkyl halides is 3. The van der Waals surface area contributed by atoms with Crippen LogP contribution in [0, 0.1) is 11.3 Å². The van der Waals surface area contributed by atoms with Crippen molar-refractivity contribution in [3.05, 3.63) is 78.4 Å². The van der Waals surface area contributed by atoms with Gasteiger partial charge < -0.3 is 4.74 Å². The van der Waals surface area contributed by atoms with E-state index in [0.717, 1.165) is 31.1 Å². The van der Waals surface area contributed by atoms with E-state index in [1.165, 1.54) is 6.07 Å². The van der Waals surface area contributed by atoms with E-state index in [2.05, 4.69) is 4.74 Å². The van der Waals surface area contributed by atoms with Crippen molar-refractivity contribution in [3.63, 3.8) is 0 Å². The van der Waals surface area contributed by atoms with Gasteiger partial charge in [0.25, 0.3) is 5.60 Å². The van der Waals surface area contributed by atoms with Crippen molar-refractivity contribution < 1.29 is 22.7 Å². The number of hydrogen-bond acceptors (Lipinski definition) is 3. The Balaban J connectivity index is 1.82. The van der Waals surface area contributed by atoms with Crippen LogP contribution in [-0.4, -0.2) is 17.7 Å². The van der Waals surface area contributed by atoms with Gasteiger partial charge in [-0.05, 0) is 43.3 Å². The third-order valence-electron chi connectivity index (χ3n) is 4.86. The Morgan fingerprint density at radius 2 is 1.50 bits per heavy atom. The number of nitrogens with zero attached hydrogens (tertiary/aromatic N) is 1. The van der Waals surface area contributed by atoms with Crippen molar-refractivity contribution in [2.24, 2.45) is 0 Å². The summed E-state index contributed by atoms with van der Waals surface area (Å²) < 4.78 is 46.2. The molecule has 0 fully saturated rings. The molecule has 4 aromatic rings. The van der Waals surface area contributed by atoms with Gasteiger partial charge in [0.1, 0.15) is 6.07 Å². The Hall–Kier alpha value is -3.37. The lowest BCUT2D eigenvalue weighted by Crippen LogP contribution is -2.45. The van der Waals surface area contributed by atoms with Crippen molar-refractivity contribution in [3.8, 4) is 11.0 Å². The molecule has 0 saturated carbocycles. The summed E-state index contributed by atoms with van der Waals surface area (Å²) in [5.74, 6) is -1.19. The van der Waals surface area contributed by atoms with Crippen LogP contribution in [0.1, 0.15) is 17.3 Å². The van der Waals surface area contributed by atoms with E-state index in [-0.39, 0.29) is 5.56 Å². The van der Waals surface area contributed by atoms with Gasteiger partial charge in [-0.2, -0.15) is 18.4 Å². The summed E-state index contributed by atoms with van der Waals surface area (Å²) in [6.45, 7) is 0.542. The fraction of sp³-hybridized carbons (Fsp3) is 0.130. The third-order valence-corrected chi connectivity index (χ3v) is 7.18. The van der Waals surface area contributed by atoms with Gasteiger partial charge >= 0.3 is 12.1 Å². The largest absolute Gasteiger partial charge is 0.442 e. The number of rotatable bonds is 3. The molecule has 1 atom stereocenters.